The summed E-state index contributed by atoms with van der Waals surface area (Å²) in [5.74, 6) is -2.06. The summed E-state index contributed by atoms with van der Waals surface area (Å²) in [6.45, 7) is 2.23. The van der Waals surface area contributed by atoms with E-state index in [0.29, 0.717) is 12.4 Å². The summed E-state index contributed by atoms with van der Waals surface area (Å²) in [4.78, 5) is 27.8. The lowest BCUT2D eigenvalue weighted by Gasteiger charge is -2.35. The van der Waals surface area contributed by atoms with Crippen molar-refractivity contribution < 1.29 is 23.8 Å². The third-order valence-electron chi connectivity index (χ3n) is 6.15. The molecule has 1 saturated carbocycles. The molecule has 1 aliphatic carbocycles. The number of ketones is 1. The minimum Gasteiger partial charge on any atom is -0.507 e. The molecule has 32 heavy (non-hydrogen) atoms. The normalized spacial score (nSPS) is 21.2. The minimum atomic E-state index is -1.02. The molecule has 168 valence electrons. The van der Waals surface area contributed by atoms with E-state index in [1.807, 2.05) is 6.92 Å². The zero-order valence-electron chi connectivity index (χ0n) is 17.8. The molecule has 1 saturated heterocycles. The number of halogens is 2. The van der Waals surface area contributed by atoms with Crippen LogP contribution in [0.4, 0.5) is 4.39 Å². The molecule has 1 N–H and O–H groups in total. The van der Waals surface area contributed by atoms with Gasteiger partial charge in [-0.2, -0.15) is 0 Å². The number of carbonyl (C=O) groups excluding carboxylic acids is 2. The molecule has 1 atom stereocenters. The molecule has 2 fully saturated rings. The maximum Gasteiger partial charge on any atom is 0.295 e. The van der Waals surface area contributed by atoms with E-state index in [9.17, 15) is 19.1 Å². The van der Waals surface area contributed by atoms with Gasteiger partial charge in [0, 0.05) is 17.2 Å². The van der Waals surface area contributed by atoms with E-state index in [4.69, 9.17) is 16.3 Å². The standard InChI is InChI=1S/C25H25ClFNO4/c1-2-32-16-12-13-19(26)18(14-16)23(29)21-22(17-10-6-7-11-20(17)27)28(25(31)24(21)30)15-8-4-3-5-9-15/h6-7,10-15,22,29H,2-5,8-9H2,1H3/b23-21+. The van der Waals surface area contributed by atoms with E-state index in [-0.39, 0.29) is 27.8 Å². The number of benzene rings is 2. The second-order valence-electron chi connectivity index (χ2n) is 8.09. The fourth-order valence-electron chi connectivity index (χ4n) is 4.68. The van der Waals surface area contributed by atoms with Crippen molar-refractivity contribution in [2.75, 3.05) is 6.61 Å². The van der Waals surface area contributed by atoms with Gasteiger partial charge in [-0.25, -0.2) is 4.39 Å². The Bertz CT molecular complexity index is 1080. The number of nitrogens with zero attached hydrogens (tertiary/aromatic N) is 1. The number of aliphatic hydroxyl groups is 1. The molecule has 1 unspecified atom stereocenters. The highest BCUT2D eigenvalue weighted by Gasteiger charge is 2.49. The van der Waals surface area contributed by atoms with Crippen LogP contribution in [-0.4, -0.2) is 34.3 Å². The van der Waals surface area contributed by atoms with Crippen molar-refractivity contribution in [1.82, 2.24) is 4.90 Å². The number of Topliss-reactive ketones (excluding diaryl/α,β-unsaturated/α-hetero) is 1. The fraction of sp³-hybridized carbons (Fsp3) is 0.360. The van der Waals surface area contributed by atoms with Gasteiger partial charge >= 0.3 is 0 Å². The second kappa shape index (κ2) is 9.33. The lowest BCUT2D eigenvalue weighted by Crippen LogP contribution is -2.40. The van der Waals surface area contributed by atoms with Crippen molar-refractivity contribution in [2.45, 2.75) is 51.1 Å². The van der Waals surface area contributed by atoms with Crippen LogP contribution >= 0.6 is 11.6 Å². The van der Waals surface area contributed by atoms with Crippen LogP contribution < -0.4 is 4.74 Å². The number of amides is 1. The van der Waals surface area contributed by atoms with Crippen LogP contribution in [0.3, 0.4) is 0 Å². The first-order valence-corrected chi connectivity index (χ1v) is 11.3. The molecule has 0 bridgehead atoms. The van der Waals surface area contributed by atoms with Crippen LogP contribution in [0.5, 0.6) is 5.75 Å². The zero-order valence-corrected chi connectivity index (χ0v) is 18.6. The van der Waals surface area contributed by atoms with Gasteiger partial charge in [-0.05, 0) is 44.0 Å². The molecule has 2 aromatic rings. The lowest BCUT2D eigenvalue weighted by atomic mass is 9.90. The van der Waals surface area contributed by atoms with Crippen molar-refractivity contribution >= 4 is 29.1 Å². The van der Waals surface area contributed by atoms with E-state index in [1.54, 1.807) is 30.3 Å². The number of carbonyl (C=O) groups is 2. The summed E-state index contributed by atoms with van der Waals surface area (Å²) >= 11 is 6.33. The Morgan fingerprint density at radius 1 is 1.16 bits per heavy atom. The average molecular weight is 458 g/mol. The van der Waals surface area contributed by atoms with Gasteiger partial charge in [0.05, 0.1) is 23.2 Å². The summed E-state index contributed by atoms with van der Waals surface area (Å²) in [7, 11) is 0. The number of likely N-dealkylation sites (tertiary alicyclic amines) is 1. The van der Waals surface area contributed by atoms with Crippen molar-refractivity contribution in [3.8, 4) is 5.75 Å². The van der Waals surface area contributed by atoms with Crippen LogP contribution in [0.1, 0.15) is 56.2 Å². The molecule has 1 heterocycles. The van der Waals surface area contributed by atoms with Gasteiger partial charge in [0.1, 0.15) is 17.3 Å². The van der Waals surface area contributed by atoms with Crippen molar-refractivity contribution in [2.24, 2.45) is 0 Å². The first-order valence-electron chi connectivity index (χ1n) is 10.9. The number of aliphatic hydroxyl groups excluding tert-OH is 1. The second-order valence-corrected chi connectivity index (χ2v) is 8.50. The molecule has 7 heteroatoms. The molecule has 2 aliphatic rings. The average Bonchev–Trinajstić information content (AvgIpc) is 3.06. The molecular weight excluding hydrogens is 433 g/mol. The quantitative estimate of drug-likeness (QED) is 0.359. The molecular formula is C25H25ClFNO4. The van der Waals surface area contributed by atoms with Gasteiger partial charge in [-0.1, -0.05) is 49.1 Å². The van der Waals surface area contributed by atoms with Crippen LogP contribution in [-0.2, 0) is 9.59 Å². The maximum atomic E-state index is 14.9. The van der Waals surface area contributed by atoms with E-state index < -0.39 is 29.3 Å². The largest absolute Gasteiger partial charge is 0.507 e. The predicted molar refractivity (Wildman–Crippen MR) is 120 cm³/mol. The van der Waals surface area contributed by atoms with Gasteiger partial charge < -0.3 is 14.7 Å². The molecule has 0 radical (unpaired) electrons. The molecule has 1 aliphatic heterocycles. The number of ether oxygens (including phenoxy) is 1. The van der Waals surface area contributed by atoms with E-state index in [1.165, 1.54) is 17.0 Å². The molecule has 1 amide bonds. The predicted octanol–water partition coefficient (Wildman–Crippen LogP) is 5.63. The Balaban J connectivity index is 1.91. The number of rotatable bonds is 5. The topological polar surface area (TPSA) is 66.8 Å². The summed E-state index contributed by atoms with van der Waals surface area (Å²) in [6, 6.07) is 9.55. The Morgan fingerprint density at radius 2 is 1.88 bits per heavy atom. The fourth-order valence-corrected chi connectivity index (χ4v) is 4.88. The van der Waals surface area contributed by atoms with Gasteiger partial charge in [-0.15, -0.1) is 0 Å². The van der Waals surface area contributed by atoms with Gasteiger partial charge in [-0.3, -0.25) is 9.59 Å². The first-order chi connectivity index (χ1) is 15.4. The molecule has 0 aromatic heterocycles. The maximum absolute atomic E-state index is 14.9. The monoisotopic (exact) mass is 457 g/mol. The smallest absolute Gasteiger partial charge is 0.295 e. The molecule has 0 spiro atoms. The minimum absolute atomic E-state index is 0.152. The first kappa shape index (κ1) is 22.3. The van der Waals surface area contributed by atoms with Crippen LogP contribution in [0.25, 0.3) is 5.76 Å². The highest BCUT2D eigenvalue weighted by atomic mass is 35.5. The van der Waals surface area contributed by atoms with Crippen LogP contribution in [0.15, 0.2) is 48.0 Å². The third kappa shape index (κ3) is 3.99. The Morgan fingerprint density at radius 3 is 2.56 bits per heavy atom. The van der Waals surface area contributed by atoms with E-state index >= 15 is 0 Å². The molecule has 5 nitrogen and oxygen atoms in total. The SMILES string of the molecule is CCOc1ccc(Cl)c(/C(O)=C2\C(=O)C(=O)N(C3CCCCC3)C2c2ccccc2F)c1. The summed E-state index contributed by atoms with van der Waals surface area (Å²) in [5, 5.41) is 11.4. The van der Waals surface area contributed by atoms with Crippen molar-refractivity contribution in [3.63, 3.8) is 0 Å². The highest BCUT2D eigenvalue weighted by Crippen LogP contribution is 2.44. The van der Waals surface area contributed by atoms with Gasteiger partial charge in [0.15, 0.2) is 0 Å². The van der Waals surface area contributed by atoms with E-state index in [2.05, 4.69) is 0 Å². The summed E-state index contributed by atoms with van der Waals surface area (Å²) < 4.78 is 20.4. The lowest BCUT2D eigenvalue weighted by molar-refractivity contribution is -0.141. The summed E-state index contributed by atoms with van der Waals surface area (Å²) in [6.07, 6.45) is 4.39. The zero-order chi connectivity index (χ0) is 22.8. The number of hydrogen-bond donors (Lipinski definition) is 1. The third-order valence-corrected chi connectivity index (χ3v) is 6.48. The van der Waals surface area contributed by atoms with Crippen LogP contribution in [0, 0.1) is 5.82 Å². The van der Waals surface area contributed by atoms with Gasteiger partial charge in [0.2, 0.25) is 0 Å². The molecule has 2 aromatic carbocycles. The molecule has 4 rings (SSSR count). The van der Waals surface area contributed by atoms with Crippen LogP contribution in [0.2, 0.25) is 5.02 Å². The Kier molecular flexibility index (Phi) is 6.51. The van der Waals surface area contributed by atoms with Crippen molar-refractivity contribution in [1.29, 1.82) is 0 Å². The van der Waals surface area contributed by atoms with E-state index in [0.717, 1.165) is 32.1 Å². The number of hydrogen-bond acceptors (Lipinski definition) is 4. The summed E-state index contributed by atoms with van der Waals surface area (Å²) in [5.41, 5.74) is 0.192. The Hall–Kier alpha value is -2.86. The van der Waals surface area contributed by atoms with Gasteiger partial charge in [0.25, 0.3) is 11.7 Å². The Labute approximate surface area is 191 Å². The highest BCUT2D eigenvalue weighted by molar-refractivity contribution is 6.47. The van der Waals surface area contributed by atoms with Crippen molar-refractivity contribution in [3.05, 3.63) is 70.0 Å².